The van der Waals surface area contributed by atoms with Crippen LogP contribution in [0.4, 0.5) is 4.39 Å². The van der Waals surface area contributed by atoms with Gasteiger partial charge in [0.2, 0.25) is 5.82 Å². The number of hydrogen-bond acceptors (Lipinski definition) is 6. The molecule has 0 atom stereocenters. The molecular weight excluding hydrogens is 327 g/mol. The summed E-state index contributed by atoms with van der Waals surface area (Å²) < 4.78 is 24.0. The Morgan fingerprint density at radius 3 is 2.72 bits per heavy atom. The van der Waals surface area contributed by atoms with Crippen molar-refractivity contribution in [3.8, 4) is 28.7 Å². The van der Waals surface area contributed by atoms with Crippen molar-refractivity contribution < 1.29 is 13.7 Å². The van der Waals surface area contributed by atoms with Gasteiger partial charge in [0, 0.05) is 10.9 Å². The minimum Gasteiger partial charge on any atom is -0.494 e. The topological polar surface area (TPSA) is 93.9 Å². The number of ether oxygens (including phenoxy) is 1. The normalized spacial score (nSPS) is 11.0. The molecule has 0 unspecified atom stereocenters. The monoisotopic (exact) mass is 338 g/mol. The molecule has 2 aromatic carbocycles. The highest BCUT2D eigenvalue weighted by Gasteiger charge is 2.17. The van der Waals surface area contributed by atoms with Crippen LogP contribution in [-0.2, 0) is 0 Å². The molecule has 8 heteroatoms. The van der Waals surface area contributed by atoms with E-state index in [9.17, 15) is 9.18 Å². The number of benzene rings is 2. The largest absolute Gasteiger partial charge is 0.494 e. The Labute approximate surface area is 140 Å². The van der Waals surface area contributed by atoms with Crippen LogP contribution in [0.25, 0.3) is 33.7 Å². The van der Waals surface area contributed by atoms with E-state index < -0.39 is 5.82 Å². The maximum absolute atomic E-state index is 13.9. The third-order valence-corrected chi connectivity index (χ3v) is 3.73. The summed E-state index contributed by atoms with van der Waals surface area (Å²) in [5.41, 5.74) is 0.473. The predicted molar refractivity (Wildman–Crippen MR) is 87.6 cm³/mol. The summed E-state index contributed by atoms with van der Waals surface area (Å²) in [5.74, 6) is -0.0768. The molecule has 2 aromatic heterocycles. The van der Waals surface area contributed by atoms with E-state index in [1.54, 1.807) is 30.3 Å². The number of halogens is 1. The van der Waals surface area contributed by atoms with Crippen LogP contribution in [0, 0.1) is 5.82 Å². The molecule has 7 nitrogen and oxygen atoms in total. The standard InChI is InChI=1S/C17H11FN4O3/c1-24-13-7-6-9(8-12(13)18)15-19-17(25-22-15)14-10-4-2-3-5-11(10)16(23)21-20-14/h2-8H,1H3,(H,21,23). The fourth-order valence-electron chi connectivity index (χ4n) is 2.52. The van der Waals surface area contributed by atoms with Gasteiger partial charge in [0.1, 0.15) is 0 Å². The molecule has 0 aliphatic heterocycles. The predicted octanol–water partition coefficient (Wildman–Crippen LogP) is 2.79. The Balaban J connectivity index is 1.81. The fraction of sp³-hybridized carbons (Fsp3) is 0.0588. The molecule has 1 N–H and O–H groups in total. The molecule has 0 saturated carbocycles. The number of nitrogens with one attached hydrogen (secondary N) is 1. The van der Waals surface area contributed by atoms with Crippen LogP contribution in [0.5, 0.6) is 5.75 Å². The van der Waals surface area contributed by atoms with Gasteiger partial charge >= 0.3 is 0 Å². The lowest BCUT2D eigenvalue weighted by Crippen LogP contribution is -2.09. The van der Waals surface area contributed by atoms with E-state index in [4.69, 9.17) is 9.26 Å². The lowest BCUT2D eigenvalue weighted by atomic mass is 10.1. The maximum atomic E-state index is 13.9. The lowest BCUT2D eigenvalue weighted by Gasteiger charge is -2.02. The minimum absolute atomic E-state index is 0.124. The zero-order valence-corrected chi connectivity index (χ0v) is 13.0. The highest BCUT2D eigenvalue weighted by molar-refractivity contribution is 5.91. The average molecular weight is 338 g/mol. The minimum atomic E-state index is -0.529. The van der Waals surface area contributed by atoms with Crippen molar-refractivity contribution in [1.29, 1.82) is 0 Å². The molecule has 2 heterocycles. The van der Waals surface area contributed by atoms with Crippen molar-refractivity contribution in [1.82, 2.24) is 20.3 Å². The van der Waals surface area contributed by atoms with Crippen molar-refractivity contribution in [2.45, 2.75) is 0 Å². The Hall–Kier alpha value is -3.55. The van der Waals surface area contributed by atoms with Crippen LogP contribution in [0.15, 0.2) is 51.8 Å². The highest BCUT2D eigenvalue weighted by Crippen LogP contribution is 2.27. The summed E-state index contributed by atoms with van der Waals surface area (Å²) in [4.78, 5) is 16.1. The van der Waals surface area contributed by atoms with E-state index in [0.717, 1.165) is 0 Å². The third-order valence-electron chi connectivity index (χ3n) is 3.73. The van der Waals surface area contributed by atoms with Gasteiger partial charge in [-0.3, -0.25) is 4.79 Å². The fourth-order valence-corrected chi connectivity index (χ4v) is 2.52. The molecule has 0 saturated heterocycles. The number of nitrogens with zero attached hydrogens (tertiary/aromatic N) is 3. The number of rotatable bonds is 3. The summed E-state index contributed by atoms with van der Waals surface area (Å²) in [5, 5.41) is 11.3. The van der Waals surface area contributed by atoms with Crippen LogP contribution in [0.2, 0.25) is 0 Å². The van der Waals surface area contributed by atoms with Gasteiger partial charge in [-0.2, -0.15) is 10.1 Å². The van der Waals surface area contributed by atoms with Crippen molar-refractivity contribution in [3.05, 3.63) is 58.6 Å². The number of aromatic nitrogens is 4. The lowest BCUT2D eigenvalue weighted by molar-refractivity contribution is 0.386. The maximum Gasteiger partial charge on any atom is 0.279 e. The number of aromatic amines is 1. The van der Waals surface area contributed by atoms with Gasteiger partial charge in [-0.15, -0.1) is 0 Å². The smallest absolute Gasteiger partial charge is 0.279 e. The summed E-state index contributed by atoms with van der Waals surface area (Å²) in [6.07, 6.45) is 0. The van der Waals surface area contributed by atoms with Crippen molar-refractivity contribution >= 4 is 10.8 Å². The first-order chi connectivity index (χ1) is 12.2. The Bertz CT molecular complexity index is 1140. The molecule has 0 aliphatic rings. The summed E-state index contributed by atoms with van der Waals surface area (Å²) in [6, 6.07) is 11.3. The summed E-state index contributed by atoms with van der Waals surface area (Å²) in [6.45, 7) is 0. The molecule has 25 heavy (non-hydrogen) atoms. The second kappa shape index (κ2) is 5.82. The molecule has 0 radical (unpaired) electrons. The van der Waals surface area contributed by atoms with Crippen LogP contribution >= 0.6 is 0 Å². The van der Waals surface area contributed by atoms with Gasteiger partial charge < -0.3 is 9.26 Å². The van der Waals surface area contributed by atoms with Crippen molar-refractivity contribution in [2.24, 2.45) is 0 Å². The Morgan fingerprint density at radius 2 is 1.96 bits per heavy atom. The Morgan fingerprint density at radius 1 is 1.16 bits per heavy atom. The quantitative estimate of drug-likeness (QED) is 0.617. The summed E-state index contributed by atoms with van der Waals surface area (Å²) >= 11 is 0. The van der Waals surface area contributed by atoms with Crippen molar-refractivity contribution in [2.75, 3.05) is 7.11 Å². The van der Waals surface area contributed by atoms with E-state index in [2.05, 4.69) is 20.3 Å². The Kier molecular flexibility index (Phi) is 3.50. The molecule has 0 spiro atoms. The average Bonchev–Trinajstić information content (AvgIpc) is 3.12. The first-order valence-electron chi connectivity index (χ1n) is 7.33. The van der Waals surface area contributed by atoms with Gasteiger partial charge in [-0.25, -0.2) is 9.49 Å². The van der Waals surface area contributed by atoms with Gasteiger partial charge in [0.25, 0.3) is 11.4 Å². The number of fused-ring (bicyclic) bond motifs is 1. The number of methoxy groups -OCH3 is 1. The van der Waals surface area contributed by atoms with Crippen molar-refractivity contribution in [3.63, 3.8) is 0 Å². The van der Waals surface area contributed by atoms with Crippen LogP contribution in [0.1, 0.15) is 0 Å². The molecule has 124 valence electrons. The van der Waals surface area contributed by atoms with Gasteiger partial charge in [0.15, 0.2) is 17.3 Å². The van der Waals surface area contributed by atoms with E-state index >= 15 is 0 Å². The van der Waals surface area contributed by atoms with E-state index in [1.807, 2.05) is 0 Å². The summed E-state index contributed by atoms with van der Waals surface area (Å²) in [7, 11) is 1.39. The van der Waals surface area contributed by atoms with Crippen LogP contribution < -0.4 is 10.3 Å². The second-order valence-corrected chi connectivity index (χ2v) is 5.22. The molecule has 0 fully saturated rings. The SMILES string of the molecule is COc1ccc(-c2noc(-c3n[nH]c(=O)c4ccccc34)n2)cc1F. The molecule has 0 bridgehead atoms. The van der Waals surface area contributed by atoms with Gasteiger partial charge in [-0.05, 0) is 24.3 Å². The first-order valence-corrected chi connectivity index (χ1v) is 7.33. The van der Waals surface area contributed by atoms with Gasteiger partial charge in [0.05, 0.1) is 12.5 Å². The zero-order chi connectivity index (χ0) is 17.4. The highest BCUT2D eigenvalue weighted by atomic mass is 19.1. The first kappa shape index (κ1) is 15.0. The number of H-pyrrole nitrogens is 1. The van der Waals surface area contributed by atoms with E-state index in [-0.39, 0.29) is 23.0 Å². The van der Waals surface area contributed by atoms with Crippen LogP contribution in [0.3, 0.4) is 0 Å². The molecular formula is C17H11FN4O3. The van der Waals surface area contributed by atoms with Gasteiger partial charge in [-0.1, -0.05) is 23.4 Å². The van der Waals surface area contributed by atoms with E-state index in [1.165, 1.54) is 19.2 Å². The molecule has 0 aliphatic carbocycles. The second-order valence-electron chi connectivity index (χ2n) is 5.22. The van der Waals surface area contributed by atoms with E-state index in [0.29, 0.717) is 22.0 Å². The molecule has 4 aromatic rings. The zero-order valence-electron chi connectivity index (χ0n) is 13.0. The molecule has 4 rings (SSSR count). The van der Waals surface area contributed by atoms with Crippen LogP contribution in [-0.4, -0.2) is 27.4 Å². The third kappa shape index (κ3) is 2.53. The molecule has 0 amide bonds. The number of hydrogen-bond donors (Lipinski definition) is 1.